The average Bonchev–Trinajstić information content (AvgIpc) is 2.40. The number of halogens is 2. The maximum Gasteiger partial charge on any atom is 0.0912 e. The average molecular weight is 271 g/mol. The molecule has 1 heterocycles. The molecule has 0 spiro atoms. The molecule has 4 heteroatoms. The Morgan fingerprint density at radius 3 is 2.72 bits per heavy atom. The van der Waals surface area contributed by atoms with Crippen molar-refractivity contribution < 1.29 is 4.39 Å². The predicted molar refractivity (Wildman–Crippen MR) is 74.0 cm³/mol. The van der Waals surface area contributed by atoms with E-state index in [1.165, 1.54) is 0 Å². The quantitative estimate of drug-likeness (QED) is 0.905. The minimum absolute atomic E-state index is 0.148. The molecule has 1 atom stereocenters. The number of rotatable bonds is 4. The largest absolute Gasteiger partial charge is 0.314 e. The van der Waals surface area contributed by atoms with Gasteiger partial charge in [0.2, 0.25) is 0 Å². The Hall–Kier alpha value is -0.640. The highest BCUT2D eigenvalue weighted by atomic mass is 35.5. The number of nitrogens with zero attached hydrogens (tertiary/aromatic N) is 1. The normalized spacial score (nSPS) is 18.8. The molecule has 1 N–H and O–H groups in total. The Balaban J connectivity index is 2.19. The van der Waals surface area contributed by atoms with Crippen molar-refractivity contribution in [3.63, 3.8) is 0 Å². The zero-order valence-corrected chi connectivity index (χ0v) is 11.5. The van der Waals surface area contributed by atoms with Gasteiger partial charge in [0.15, 0.2) is 0 Å². The van der Waals surface area contributed by atoms with E-state index in [-0.39, 0.29) is 12.7 Å². The molecule has 1 aromatic rings. The molecule has 1 aliphatic heterocycles. The van der Waals surface area contributed by atoms with Gasteiger partial charge < -0.3 is 5.32 Å². The smallest absolute Gasteiger partial charge is 0.0912 e. The third kappa shape index (κ3) is 3.22. The number of hydrogen-bond donors (Lipinski definition) is 1. The number of piperazine rings is 1. The number of alkyl halides is 1. The number of benzene rings is 1. The fraction of sp³-hybridized carbons (Fsp3) is 0.571. The summed E-state index contributed by atoms with van der Waals surface area (Å²) in [7, 11) is 0. The lowest BCUT2D eigenvalue weighted by Crippen LogP contribution is -2.45. The lowest BCUT2D eigenvalue weighted by Gasteiger charge is -2.35. The van der Waals surface area contributed by atoms with Gasteiger partial charge in [0.25, 0.3) is 0 Å². The SMILES string of the molecule is Cc1ccc([C@H](CCF)N2CCNCC2)cc1Cl. The molecule has 0 aliphatic carbocycles. The fourth-order valence-corrected chi connectivity index (χ4v) is 2.66. The maximum absolute atomic E-state index is 12.8. The minimum Gasteiger partial charge on any atom is -0.314 e. The summed E-state index contributed by atoms with van der Waals surface area (Å²) in [5.74, 6) is 0. The number of aryl methyl sites for hydroxylation is 1. The van der Waals surface area contributed by atoms with E-state index in [2.05, 4.69) is 16.3 Å². The van der Waals surface area contributed by atoms with Crippen LogP contribution in [-0.4, -0.2) is 37.8 Å². The van der Waals surface area contributed by atoms with Gasteiger partial charge in [-0.3, -0.25) is 9.29 Å². The number of nitrogens with one attached hydrogen (secondary N) is 1. The molecule has 100 valence electrons. The van der Waals surface area contributed by atoms with E-state index >= 15 is 0 Å². The zero-order chi connectivity index (χ0) is 13.0. The molecule has 0 radical (unpaired) electrons. The van der Waals surface area contributed by atoms with Gasteiger partial charge in [-0.25, -0.2) is 0 Å². The molecule has 0 amide bonds. The van der Waals surface area contributed by atoms with Gasteiger partial charge in [-0.05, 0) is 30.5 Å². The van der Waals surface area contributed by atoms with E-state index in [9.17, 15) is 4.39 Å². The van der Waals surface area contributed by atoms with Crippen molar-refractivity contribution in [2.45, 2.75) is 19.4 Å². The third-order valence-corrected chi connectivity index (χ3v) is 3.96. The summed E-state index contributed by atoms with van der Waals surface area (Å²) < 4.78 is 12.8. The highest BCUT2D eigenvalue weighted by Crippen LogP contribution is 2.28. The van der Waals surface area contributed by atoms with Crippen molar-refractivity contribution >= 4 is 11.6 Å². The van der Waals surface area contributed by atoms with Crippen LogP contribution < -0.4 is 5.32 Å². The topological polar surface area (TPSA) is 15.3 Å². The van der Waals surface area contributed by atoms with Crippen molar-refractivity contribution in [2.75, 3.05) is 32.9 Å². The van der Waals surface area contributed by atoms with E-state index in [4.69, 9.17) is 11.6 Å². The molecule has 1 saturated heterocycles. The molecular formula is C14H20ClFN2. The Morgan fingerprint density at radius 1 is 1.39 bits per heavy atom. The molecule has 0 unspecified atom stereocenters. The van der Waals surface area contributed by atoms with Crippen LogP contribution in [0.2, 0.25) is 5.02 Å². The maximum atomic E-state index is 12.8. The van der Waals surface area contributed by atoms with Gasteiger partial charge in [-0.15, -0.1) is 0 Å². The summed E-state index contributed by atoms with van der Waals surface area (Å²) in [5, 5.41) is 4.09. The molecule has 0 aromatic heterocycles. The van der Waals surface area contributed by atoms with Gasteiger partial charge in [0.1, 0.15) is 0 Å². The highest BCUT2D eigenvalue weighted by molar-refractivity contribution is 6.31. The van der Waals surface area contributed by atoms with Gasteiger partial charge >= 0.3 is 0 Å². The van der Waals surface area contributed by atoms with E-state index in [0.717, 1.165) is 42.3 Å². The number of hydrogen-bond acceptors (Lipinski definition) is 2. The monoisotopic (exact) mass is 270 g/mol. The lowest BCUT2D eigenvalue weighted by atomic mass is 10.0. The van der Waals surface area contributed by atoms with Crippen LogP contribution in [0.15, 0.2) is 18.2 Å². The van der Waals surface area contributed by atoms with Crippen LogP contribution in [0.1, 0.15) is 23.6 Å². The molecule has 0 saturated carbocycles. The van der Waals surface area contributed by atoms with Crippen LogP contribution in [0.4, 0.5) is 4.39 Å². The minimum atomic E-state index is -0.292. The summed E-state index contributed by atoms with van der Waals surface area (Å²) in [4.78, 5) is 2.34. The zero-order valence-electron chi connectivity index (χ0n) is 10.8. The first-order chi connectivity index (χ1) is 8.72. The standard InChI is InChI=1S/C14H20ClFN2/c1-11-2-3-12(10-13(11)15)14(4-5-16)18-8-6-17-7-9-18/h2-3,10,14,17H,4-9H2,1H3/t14-/m0/s1. The highest BCUT2D eigenvalue weighted by Gasteiger charge is 2.22. The predicted octanol–water partition coefficient (Wildman–Crippen LogP) is 2.95. The Bertz CT molecular complexity index is 391. The Labute approximate surface area is 113 Å². The Kier molecular flexibility index (Phi) is 4.98. The first kappa shape index (κ1) is 13.8. The van der Waals surface area contributed by atoms with Crippen LogP contribution in [0.3, 0.4) is 0 Å². The van der Waals surface area contributed by atoms with Crippen molar-refractivity contribution in [1.29, 1.82) is 0 Å². The van der Waals surface area contributed by atoms with Crippen molar-refractivity contribution in [1.82, 2.24) is 10.2 Å². The first-order valence-corrected chi connectivity index (χ1v) is 6.87. The summed E-state index contributed by atoms with van der Waals surface area (Å²) in [6.45, 7) is 5.58. The van der Waals surface area contributed by atoms with E-state index in [0.29, 0.717) is 6.42 Å². The molecular weight excluding hydrogens is 251 g/mol. The molecule has 2 nitrogen and oxygen atoms in total. The van der Waals surface area contributed by atoms with Gasteiger partial charge in [0, 0.05) is 37.2 Å². The van der Waals surface area contributed by atoms with Crippen molar-refractivity contribution in [2.24, 2.45) is 0 Å². The molecule has 0 bridgehead atoms. The van der Waals surface area contributed by atoms with Crippen LogP contribution in [-0.2, 0) is 0 Å². The fourth-order valence-electron chi connectivity index (χ4n) is 2.47. The van der Waals surface area contributed by atoms with Crippen molar-refractivity contribution in [3.8, 4) is 0 Å². The summed E-state index contributed by atoms with van der Waals surface area (Å²) in [6, 6.07) is 6.23. The van der Waals surface area contributed by atoms with Crippen LogP contribution in [0.25, 0.3) is 0 Å². The molecule has 18 heavy (non-hydrogen) atoms. The van der Waals surface area contributed by atoms with E-state index in [1.54, 1.807) is 0 Å². The van der Waals surface area contributed by atoms with Gasteiger partial charge in [0.05, 0.1) is 6.67 Å². The van der Waals surface area contributed by atoms with Gasteiger partial charge in [-0.1, -0.05) is 23.7 Å². The molecule has 1 fully saturated rings. The summed E-state index contributed by atoms with van der Waals surface area (Å²) in [5.41, 5.74) is 2.20. The Morgan fingerprint density at radius 2 is 2.11 bits per heavy atom. The first-order valence-electron chi connectivity index (χ1n) is 6.49. The van der Waals surface area contributed by atoms with E-state index < -0.39 is 0 Å². The van der Waals surface area contributed by atoms with Crippen LogP contribution in [0, 0.1) is 6.92 Å². The molecule has 2 rings (SSSR count). The molecule has 1 aromatic carbocycles. The summed E-state index contributed by atoms with van der Waals surface area (Å²) in [6.07, 6.45) is 0.541. The van der Waals surface area contributed by atoms with Gasteiger partial charge in [-0.2, -0.15) is 0 Å². The second-order valence-corrected chi connectivity index (χ2v) is 5.20. The van der Waals surface area contributed by atoms with Crippen molar-refractivity contribution in [3.05, 3.63) is 34.3 Å². The third-order valence-electron chi connectivity index (χ3n) is 3.56. The lowest BCUT2D eigenvalue weighted by molar-refractivity contribution is 0.157. The molecule has 1 aliphatic rings. The second-order valence-electron chi connectivity index (χ2n) is 4.79. The summed E-state index contributed by atoms with van der Waals surface area (Å²) >= 11 is 6.17. The second kappa shape index (κ2) is 6.50. The van der Waals surface area contributed by atoms with E-state index in [1.807, 2.05) is 19.1 Å². The van der Waals surface area contributed by atoms with Crippen LogP contribution in [0.5, 0.6) is 0 Å². The van der Waals surface area contributed by atoms with Crippen LogP contribution >= 0.6 is 11.6 Å².